The summed E-state index contributed by atoms with van der Waals surface area (Å²) in [5.41, 5.74) is 16.7. The number of hydrogen-bond donors (Lipinski definition) is 0. The molecule has 0 N–H and O–H groups in total. The number of hydrogen-bond acceptors (Lipinski definition) is 0. The quantitative estimate of drug-likeness (QED) is 0.155. The van der Waals surface area contributed by atoms with Crippen molar-refractivity contribution in [3.63, 3.8) is 0 Å². The minimum absolute atomic E-state index is 0.707. The summed E-state index contributed by atoms with van der Waals surface area (Å²) in [6.07, 6.45) is 2.34. The number of fused-ring (bicyclic) bond motifs is 13. The molecular weight excluding hydrogens is 649 g/mol. The second kappa shape index (κ2) is 8.57. The van der Waals surface area contributed by atoms with Gasteiger partial charge in [0.05, 0.1) is 39.3 Å². The van der Waals surface area contributed by atoms with Gasteiger partial charge in [-0.3, -0.25) is 0 Å². The molecule has 0 radical (unpaired) electrons. The lowest BCUT2D eigenvalue weighted by molar-refractivity contribution is -0.989. The van der Waals surface area contributed by atoms with Crippen LogP contribution >= 0.6 is 0 Å². The van der Waals surface area contributed by atoms with Gasteiger partial charge in [-0.05, 0) is 73.7 Å². The minimum Gasteiger partial charge on any atom is -0.307 e. The first-order chi connectivity index (χ1) is 26.2. The fraction of sp³-hybridized carbons (Fsp3) is 0.0638. The molecule has 5 aromatic heterocycles. The molecule has 0 aliphatic carbocycles. The Morgan fingerprint density at radius 2 is 1.00 bits per heavy atom. The van der Waals surface area contributed by atoms with Gasteiger partial charge in [0, 0.05) is 33.9 Å². The topological polar surface area (TPSA) is 27.5 Å². The summed E-state index contributed by atoms with van der Waals surface area (Å²) in [6, 6.07) is 51.9. The molecule has 0 amide bonds. The zero-order valence-electron chi connectivity index (χ0n) is 29.0. The van der Waals surface area contributed by atoms with Crippen LogP contribution in [0.4, 0.5) is 0 Å². The first kappa shape index (κ1) is 26.8. The minimum atomic E-state index is -0.707. The van der Waals surface area contributed by atoms with Gasteiger partial charge in [0.1, 0.15) is 33.7 Å². The number of nitrogens with zero attached hydrogens (tertiary/aromatic N) is 6. The molecule has 14 rings (SSSR count). The van der Waals surface area contributed by atoms with Crippen molar-refractivity contribution in [3.8, 4) is 22.7 Å². The smallest absolute Gasteiger partial charge is 0.307 e. The Hall–Kier alpha value is -6.92. The molecule has 3 aliphatic rings. The van der Waals surface area contributed by atoms with Crippen LogP contribution in [0.1, 0.15) is 22.5 Å². The van der Waals surface area contributed by atoms with Gasteiger partial charge in [0.2, 0.25) is 5.69 Å². The highest BCUT2D eigenvalue weighted by molar-refractivity contribution is 6.14. The standard InChI is InChI=1S/C47H30N6/c1-27-44(49-35-18-7-3-13-29(35)30-14-4-8-19-36(30)49)28(2)53-47-42-39(50-37-20-9-5-15-31(37)33-24-25-41(52(27)53)43(47)45(33)50)22-11-23-40(42)51-38-21-10-6-16-32(38)34-17-12-26-48(47)46(34)51/h3-26H,1-2H3/q+2. The molecule has 6 aromatic carbocycles. The SMILES string of the molecule is Cc1c(-n2c3ccccc3c3ccccc32)c(C)[n+]2n1-c1ccc3c4ccccc4n4c3c1C21c2c-4cccc2-n2c3ccccc3c3ccc[n+]1c32. The maximum absolute atomic E-state index is 2.65. The molecular formula is C47H30N6+2. The van der Waals surface area contributed by atoms with Crippen LogP contribution in [0.15, 0.2) is 146 Å². The van der Waals surface area contributed by atoms with E-state index in [1.807, 2.05) is 0 Å². The van der Waals surface area contributed by atoms with E-state index in [0.29, 0.717) is 0 Å². The van der Waals surface area contributed by atoms with Gasteiger partial charge in [-0.15, -0.1) is 4.68 Å². The average molecular weight is 679 g/mol. The largest absolute Gasteiger partial charge is 0.394 e. The Balaban J connectivity index is 1.27. The zero-order chi connectivity index (χ0) is 34.5. The summed E-state index contributed by atoms with van der Waals surface area (Å²) in [6.45, 7) is 4.66. The van der Waals surface area contributed by atoms with Crippen LogP contribution in [0.2, 0.25) is 0 Å². The summed E-state index contributed by atoms with van der Waals surface area (Å²) in [5.74, 6) is 0. The highest BCUT2D eigenvalue weighted by Gasteiger charge is 2.69. The number of para-hydroxylation sites is 4. The predicted molar refractivity (Wildman–Crippen MR) is 210 cm³/mol. The van der Waals surface area contributed by atoms with Crippen molar-refractivity contribution in [3.05, 3.63) is 168 Å². The molecule has 11 aromatic rings. The fourth-order valence-corrected chi connectivity index (χ4v) is 11.1. The summed E-state index contributed by atoms with van der Waals surface area (Å²) in [5, 5.41) is 7.65. The molecule has 0 saturated heterocycles. The van der Waals surface area contributed by atoms with Crippen LogP contribution in [0, 0.1) is 13.8 Å². The van der Waals surface area contributed by atoms with Gasteiger partial charge >= 0.3 is 11.3 Å². The van der Waals surface area contributed by atoms with E-state index in [4.69, 9.17) is 0 Å². The normalized spacial score (nSPS) is 16.2. The predicted octanol–water partition coefficient (Wildman–Crippen LogP) is 9.20. The number of benzene rings is 6. The van der Waals surface area contributed by atoms with Crippen molar-refractivity contribution in [2.75, 3.05) is 0 Å². The van der Waals surface area contributed by atoms with Gasteiger partial charge in [0.25, 0.3) is 0 Å². The summed E-state index contributed by atoms with van der Waals surface area (Å²) in [7, 11) is 0. The van der Waals surface area contributed by atoms with Gasteiger partial charge in [0.15, 0.2) is 5.69 Å². The summed E-state index contributed by atoms with van der Waals surface area (Å²) < 4.78 is 15.4. The summed E-state index contributed by atoms with van der Waals surface area (Å²) >= 11 is 0. The molecule has 53 heavy (non-hydrogen) atoms. The Morgan fingerprint density at radius 1 is 0.453 bits per heavy atom. The van der Waals surface area contributed by atoms with Crippen LogP contribution in [0.3, 0.4) is 0 Å². The highest BCUT2D eigenvalue weighted by atomic mass is 15.6. The van der Waals surface area contributed by atoms with E-state index in [1.54, 1.807) is 0 Å². The van der Waals surface area contributed by atoms with Crippen molar-refractivity contribution >= 4 is 65.5 Å². The van der Waals surface area contributed by atoms with Crippen molar-refractivity contribution in [1.82, 2.24) is 18.4 Å². The molecule has 1 atom stereocenters. The van der Waals surface area contributed by atoms with Crippen LogP contribution < -0.4 is 9.25 Å². The molecule has 6 heteroatoms. The Labute approximate surface area is 302 Å². The molecule has 1 spiro atoms. The highest BCUT2D eigenvalue weighted by Crippen LogP contribution is 2.54. The van der Waals surface area contributed by atoms with Gasteiger partial charge < -0.3 is 9.13 Å². The van der Waals surface area contributed by atoms with E-state index in [-0.39, 0.29) is 0 Å². The lowest BCUT2D eigenvalue weighted by Gasteiger charge is -2.33. The number of rotatable bonds is 1. The third kappa shape index (κ3) is 2.64. The third-order valence-corrected chi connectivity index (χ3v) is 12.8. The molecule has 1 unspecified atom stereocenters. The molecule has 3 aliphatic heterocycles. The second-order valence-electron chi connectivity index (χ2n) is 15.0. The van der Waals surface area contributed by atoms with E-state index in [1.165, 1.54) is 111 Å². The van der Waals surface area contributed by atoms with E-state index in [9.17, 15) is 0 Å². The first-order valence-electron chi connectivity index (χ1n) is 18.5. The van der Waals surface area contributed by atoms with Crippen LogP contribution in [0.5, 0.6) is 0 Å². The van der Waals surface area contributed by atoms with Crippen molar-refractivity contribution in [2.24, 2.45) is 0 Å². The molecule has 8 heterocycles. The van der Waals surface area contributed by atoms with E-state index in [2.05, 4.69) is 187 Å². The van der Waals surface area contributed by atoms with E-state index in [0.717, 1.165) is 0 Å². The van der Waals surface area contributed by atoms with Gasteiger partial charge in [-0.25, -0.2) is 0 Å². The van der Waals surface area contributed by atoms with Gasteiger partial charge in [-0.2, -0.15) is 9.13 Å². The molecule has 0 saturated carbocycles. The maximum atomic E-state index is 2.65. The summed E-state index contributed by atoms with van der Waals surface area (Å²) in [4.78, 5) is 0. The Morgan fingerprint density at radius 3 is 1.68 bits per heavy atom. The van der Waals surface area contributed by atoms with E-state index < -0.39 is 5.66 Å². The first-order valence-corrected chi connectivity index (χ1v) is 18.5. The van der Waals surface area contributed by atoms with Crippen molar-refractivity contribution in [2.45, 2.75) is 19.5 Å². The fourth-order valence-electron chi connectivity index (χ4n) is 11.1. The third-order valence-electron chi connectivity index (χ3n) is 12.8. The molecule has 246 valence electrons. The lowest BCUT2D eigenvalue weighted by Crippen LogP contribution is -2.77. The monoisotopic (exact) mass is 678 g/mol. The van der Waals surface area contributed by atoms with Crippen LogP contribution in [-0.4, -0.2) is 18.4 Å². The lowest BCUT2D eigenvalue weighted by atomic mass is 9.82. The number of pyridine rings is 1. The second-order valence-corrected chi connectivity index (χ2v) is 15.0. The Kier molecular flexibility index (Phi) is 4.34. The molecule has 0 bridgehead atoms. The van der Waals surface area contributed by atoms with Gasteiger partial charge in [-0.1, -0.05) is 77.5 Å². The molecule has 0 fully saturated rings. The molecule has 6 nitrogen and oxygen atoms in total. The number of aromatic nitrogens is 6. The maximum Gasteiger partial charge on any atom is 0.394 e. The zero-order valence-corrected chi connectivity index (χ0v) is 29.0. The van der Waals surface area contributed by atoms with Crippen LogP contribution in [-0.2, 0) is 5.66 Å². The van der Waals surface area contributed by atoms with Crippen LogP contribution in [0.25, 0.3) is 88.3 Å². The van der Waals surface area contributed by atoms with Crippen molar-refractivity contribution < 1.29 is 9.25 Å². The van der Waals surface area contributed by atoms with E-state index >= 15 is 0 Å². The van der Waals surface area contributed by atoms with Crippen molar-refractivity contribution in [1.29, 1.82) is 0 Å². The average Bonchev–Trinajstić information content (AvgIpc) is 3.97. The Bertz CT molecular complexity index is 3480.